The molecular formula is C17H21F3N4O4S. The van der Waals surface area contributed by atoms with Crippen LogP contribution in [0.5, 0.6) is 0 Å². The smallest absolute Gasteiger partial charge is 0.336 e. The van der Waals surface area contributed by atoms with Gasteiger partial charge in [-0.3, -0.25) is 14.6 Å². The molecule has 0 aromatic heterocycles. The summed E-state index contributed by atoms with van der Waals surface area (Å²) in [5.41, 5.74) is -1.03. The molecule has 12 heteroatoms. The molecule has 1 atom stereocenters. The summed E-state index contributed by atoms with van der Waals surface area (Å²) in [7, 11) is -4.09. The minimum atomic E-state index is -4.64. The van der Waals surface area contributed by atoms with Crippen molar-refractivity contribution in [2.45, 2.75) is 24.0 Å². The van der Waals surface area contributed by atoms with Gasteiger partial charge in [0.25, 0.3) is 0 Å². The third-order valence-corrected chi connectivity index (χ3v) is 6.99. The molecule has 0 radical (unpaired) electrons. The molecule has 1 aromatic rings. The van der Waals surface area contributed by atoms with Crippen LogP contribution in [0.4, 0.5) is 18.0 Å². The average molecular weight is 434 g/mol. The molecule has 0 unspecified atom stereocenters. The highest BCUT2D eigenvalue weighted by atomic mass is 32.2. The predicted octanol–water partition coefficient (Wildman–Crippen LogP) is 0.952. The first-order chi connectivity index (χ1) is 13.5. The largest absolute Gasteiger partial charge is 0.416 e. The number of piperazine rings is 1. The summed E-state index contributed by atoms with van der Waals surface area (Å²) < 4.78 is 65.3. The third-order valence-electron chi connectivity index (χ3n) is 5.10. The molecule has 3 amide bonds. The van der Waals surface area contributed by atoms with Gasteiger partial charge in [0.15, 0.2) is 0 Å². The number of hydrogen-bond donors (Lipinski definition) is 1. The van der Waals surface area contributed by atoms with E-state index in [-0.39, 0.29) is 38.6 Å². The van der Waals surface area contributed by atoms with Gasteiger partial charge in [-0.15, -0.1) is 0 Å². The van der Waals surface area contributed by atoms with E-state index in [1.54, 1.807) is 11.8 Å². The summed E-state index contributed by atoms with van der Waals surface area (Å²) in [5.74, 6) is -0.366. The summed E-state index contributed by atoms with van der Waals surface area (Å²) in [6, 6.07) is 2.58. The number of hydrogen-bond acceptors (Lipinski definition) is 5. The second-order valence-electron chi connectivity index (χ2n) is 6.86. The predicted molar refractivity (Wildman–Crippen MR) is 96.3 cm³/mol. The number of urea groups is 1. The van der Waals surface area contributed by atoms with E-state index in [0.717, 1.165) is 27.4 Å². The molecule has 8 nitrogen and oxygen atoms in total. The van der Waals surface area contributed by atoms with Gasteiger partial charge in [0.1, 0.15) is 0 Å². The third kappa shape index (κ3) is 4.38. The van der Waals surface area contributed by atoms with Crippen LogP contribution in [-0.4, -0.2) is 79.8 Å². The Bertz CT molecular complexity index is 898. The van der Waals surface area contributed by atoms with Gasteiger partial charge >= 0.3 is 12.2 Å². The Balaban J connectivity index is 1.67. The molecular weight excluding hydrogens is 413 g/mol. The van der Waals surface area contributed by atoms with Gasteiger partial charge in [0, 0.05) is 39.3 Å². The summed E-state index contributed by atoms with van der Waals surface area (Å²) in [5, 5.41) is 2.55. The second-order valence-corrected chi connectivity index (χ2v) is 8.80. The summed E-state index contributed by atoms with van der Waals surface area (Å²) in [6.45, 7) is 2.82. The van der Waals surface area contributed by atoms with Gasteiger partial charge in [0.2, 0.25) is 15.9 Å². The van der Waals surface area contributed by atoms with Crippen LogP contribution in [0.2, 0.25) is 0 Å². The second kappa shape index (κ2) is 7.92. The molecule has 0 spiro atoms. The zero-order valence-corrected chi connectivity index (χ0v) is 16.5. The SMILES string of the molecule is C[C@@H](C(=O)N1CCNC1=O)N1CCN(S(=O)(=O)c2cccc(C(F)(F)F)c2)CC1. The van der Waals surface area contributed by atoms with Crippen molar-refractivity contribution in [3.05, 3.63) is 29.8 Å². The van der Waals surface area contributed by atoms with Crippen molar-refractivity contribution in [3.8, 4) is 0 Å². The molecule has 1 N–H and O–H groups in total. The van der Waals surface area contributed by atoms with E-state index < -0.39 is 38.7 Å². The van der Waals surface area contributed by atoms with E-state index >= 15 is 0 Å². The van der Waals surface area contributed by atoms with Crippen LogP contribution in [0.1, 0.15) is 12.5 Å². The van der Waals surface area contributed by atoms with Gasteiger partial charge in [-0.1, -0.05) is 6.07 Å². The maximum Gasteiger partial charge on any atom is 0.416 e. The monoisotopic (exact) mass is 434 g/mol. The van der Waals surface area contributed by atoms with Crippen LogP contribution in [0.25, 0.3) is 0 Å². The number of imide groups is 1. The lowest BCUT2D eigenvalue weighted by Crippen LogP contribution is -2.55. The molecule has 2 aliphatic heterocycles. The number of alkyl halides is 3. The van der Waals surface area contributed by atoms with Crippen molar-refractivity contribution in [2.75, 3.05) is 39.3 Å². The van der Waals surface area contributed by atoms with E-state index in [0.29, 0.717) is 12.6 Å². The number of nitrogens with one attached hydrogen (secondary N) is 1. The molecule has 2 aliphatic rings. The van der Waals surface area contributed by atoms with Gasteiger partial charge in [-0.25, -0.2) is 13.2 Å². The summed E-state index contributed by atoms with van der Waals surface area (Å²) >= 11 is 0. The molecule has 0 saturated carbocycles. The number of sulfonamides is 1. The van der Waals surface area contributed by atoms with E-state index in [2.05, 4.69) is 5.32 Å². The van der Waals surface area contributed by atoms with Crippen LogP contribution in [0.15, 0.2) is 29.2 Å². The zero-order valence-electron chi connectivity index (χ0n) is 15.6. The molecule has 0 aliphatic carbocycles. The molecule has 29 heavy (non-hydrogen) atoms. The molecule has 160 valence electrons. The molecule has 3 rings (SSSR count). The minimum absolute atomic E-state index is 0.0302. The van der Waals surface area contributed by atoms with E-state index in [1.165, 1.54) is 0 Å². The van der Waals surface area contributed by atoms with Gasteiger partial charge < -0.3 is 5.32 Å². The first-order valence-corrected chi connectivity index (χ1v) is 10.5. The number of benzene rings is 1. The summed E-state index contributed by atoms with van der Waals surface area (Å²) in [6.07, 6.45) is -4.64. The number of amides is 3. The highest BCUT2D eigenvalue weighted by Gasteiger charge is 2.37. The molecule has 2 fully saturated rings. The number of carbonyl (C=O) groups is 2. The van der Waals surface area contributed by atoms with Crippen molar-refractivity contribution >= 4 is 22.0 Å². The Labute approximate surface area is 166 Å². The lowest BCUT2D eigenvalue weighted by atomic mass is 10.2. The van der Waals surface area contributed by atoms with Crippen molar-refractivity contribution in [1.82, 2.24) is 19.4 Å². The van der Waals surface area contributed by atoms with Gasteiger partial charge in [-0.05, 0) is 25.1 Å². The fourth-order valence-electron chi connectivity index (χ4n) is 3.38. The van der Waals surface area contributed by atoms with E-state index in [4.69, 9.17) is 0 Å². The minimum Gasteiger partial charge on any atom is -0.336 e. The fourth-order valence-corrected chi connectivity index (χ4v) is 4.85. The topological polar surface area (TPSA) is 90.0 Å². The quantitative estimate of drug-likeness (QED) is 0.762. The molecule has 2 saturated heterocycles. The first kappa shape index (κ1) is 21.5. The lowest BCUT2D eigenvalue weighted by molar-refractivity contribution is -0.137. The van der Waals surface area contributed by atoms with Crippen LogP contribution >= 0.6 is 0 Å². The molecule has 1 aromatic carbocycles. The number of rotatable bonds is 4. The Morgan fingerprint density at radius 2 is 1.79 bits per heavy atom. The average Bonchev–Trinajstić information content (AvgIpc) is 3.12. The summed E-state index contributed by atoms with van der Waals surface area (Å²) in [4.78, 5) is 26.6. The van der Waals surface area contributed by atoms with Gasteiger partial charge in [0.05, 0.1) is 16.5 Å². The Hall–Kier alpha value is -2.18. The standard InChI is InChI=1S/C17H21F3N4O4S/c1-12(15(25)24-6-5-21-16(24)26)22-7-9-23(10-8-22)29(27,28)14-4-2-3-13(11-14)17(18,19)20/h2-4,11-12H,5-10H2,1H3,(H,21,26)/t12-/m0/s1. The van der Waals surface area contributed by atoms with E-state index in [1.807, 2.05) is 0 Å². The van der Waals surface area contributed by atoms with Crippen molar-refractivity contribution in [3.63, 3.8) is 0 Å². The van der Waals surface area contributed by atoms with Crippen molar-refractivity contribution in [1.29, 1.82) is 0 Å². The highest BCUT2D eigenvalue weighted by Crippen LogP contribution is 2.31. The van der Waals surface area contributed by atoms with Crippen molar-refractivity contribution < 1.29 is 31.2 Å². The maximum absolute atomic E-state index is 12.9. The number of halogens is 3. The van der Waals surface area contributed by atoms with E-state index in [9.17, 15) is 31.2 Å². The van der Waals surface area contributed by atoms with Crippen molar-refractivity contribution in [2.24, 2.45) is 0 Å². The Kier molecular flexibility index (Phi) is 5.88. The highest BCUT2D eigenvalue weighted by molar-refractivity contribution is 7.89. The Morgan fingerprint density at radius 3 is 2.34 bits per heavy atom. The van der Waals surface area contributed by atoms with Crippen LogP contribution < -0.4 is 5.32 Å². The first-order valence-electron chi connectivity index (χ1n) is 9.02. The van der Waals surface area contributed by atoms with Gasteiger partial charge in [-0.2, -0.15) is 17.5 Å². The lowest BCUT2D eigenvalue weighted by Gasteiger charge is -2.37. The van der Waals surface area contributed by atoms with Crippen LogP contribution in [0, 0.1) is 0 Å². The normalized spacial score (nSPS) is 20.6. The number of carbonyl (C=O) groups excluding carboxylic acids is 2. The van der Waals surface area contributed by atoms with Crippen LogP contribution in [-0.2, 0) is 21.0 Å². The van der Waals surface area contributed by atoms with Crippen LogP contribution in [0.3, 0.4) is 0 Å². The zero-order chi connectivity index (χ0) is 21.4. The molecule has 0 bridgehead atoms. The maximum atomic E-state index is 12.9. The number of nitrogens with zero attached hydrogens (tertiary/aromatic N) is 3. The fraction of sp³-hybridized carbons (Fsp3) is 0.529. The Morgan fingerprint density at radius 1 is 1.14 bits per heavy atom. The molecule has 2 heterocycles.